The molecule has 0 saturated carbocycles. The van der Waals surface area contributed by atoms with Gasteiger partial charge in [-0.25, -0.2) is 0 Å². The summed E-state index contributed by atoms with van der Waals surface area (Å²) in [6, 6.07) is 14.4. The zero-order valence-electron chi connectivity index (χ0n) is 12.1. The van der Waals surface area contributed by atoms with E-state index < -0.39 is 0 Å². The Morgan fingerprint density at radius 1 is 1.00 bits per heavy atom. The molecule has 0 spiro atoms. The molecule has 1 heterocycles. The van der Waals surface area contributed by atoms with Gasteiger partial charge >= 0.3 is 0 Å². The summed E-state index contributed by atoms with van der Waals surface area (Å²) < 4.78 is 0. The molecule has 3 rings (SSSR count). The normalized spacial score (nSPS) is 11.9. The van der Waals surface area contributed by atoms with Gasteiger partial charge in [0, 0.05) is 16.6 Å². The molecule has 0 aliphatic rings. The highest BCUT2D eigenvalue weighted by atomic mass is 15.1. The van der Waals surface area contributed by atoms with Crippen LogP contribution in [0.5, 0.6) is 0 Å². The molecule has 0 unspecified atom stereocenters. The van der Waals surface area contributed by atoms with Gasteiger partial charge in [-0.2, -0.15) is 5.10 Å². The summed E-state index contributed by atoms with van der Waals surface area (Å²) in [6.07, 6.45) is 0. The highest BCUT2D eigenvalue weighted by Crippen LogP contribution is 2.29. The molecule has 3 aromatic rings. The van der Waals surface area contributed by atoms with E-state index in [2.05, 4.69) is 55.2 Å². The summed E-state index contributed by atoms with van der Waals surface area (Å²) in [5.74, 6) is 0. The molecule has 3 nitrogen and oxygen atoms in total. The Bertz CT molecular complexity index is 746. The lowest BCUT2D eigenvalue weighted by molar-refractivity contribution is 0.590. The van der Waals surface area contributed by atoms with Crippen LogP contribution in [0.2, 0.25) is 0 Å². The van der Waals surface area contributed by atoms with Crippen molar-refractivity contribution in [2.45, 2.75) is 26.2 Å². The van der Waals surface area contributed by atoms with Gasteiger partial charge in [0.25, 0.3) is 0 Å². The Morgan fingerprint density at radius 2 is 1.70 bits per heavy atom. The first-order chi connectivity index (χ1) is 9.45. The molecule has 2 aromatic carbocycles. The molecule has 0 amide bonds. The van der Waals surface area contributed by atoms with Gasteiger partial charge < -0.3 is 5.73 Å². The summed E-state index contributed by atoms with van der Waals surface area (Å²) in [5.41, 5.74) is 11.1. The van der Waals surface area contributed by atoms with Crippen molar-refractivity contribution < 1.29 is 0 Å². The van der Waals surface area contributed by atoms with Crippen LogP contribution in [0.3, 0.4) is 0 Å². The number of rotatable bonds is 1. The Morgan fingerprint density at radius 3 is 2.35 bits per heavy atom. The topological polar surface area (TPSA) is 54.7 Å². The summed E-state index contributed by atoms with van der Waals surface area (Å²) in [5, 5.41) is 8.56. The second kappa shape index (κ2) is 4.37. The van der Waals surface area contributed by atoms with Crippen molar-refractivity contribution in [3.8, 4) is 11.3 Å². The highest BCUT2D eigenvalue weighted by molar-refractivity contribution is 5.94. The highest BCUT2D eigenvalue weighted by Gasteiger charge is 2.14. The van der Waals surface area contributed by atoms with Crippen LogP contribution in [0.4, 0.5) is 5.69 Å². The largest absolute Gasteiger partial charge is 0.399 e. The van der Waals surface area contributed by atoms with E-state index >= 15 is 0 Å². The lowest BCUT2D eigenvalue weighted by Gasteiger charge is -2.18. The van der Waals surface area contributed by atoms with Crippen LogP contribution in [0, 0.1) is 0 Å². The third-order valence-corrected chi connectivity index (χ3v) is 3.61. The van der Waals surface area contributed by atoms with Crippen LogP contribution in [-0.4, -0.2) is 10.2 Å². The van der Waals surface area contributed by atoms with Crippen LogP contribution < -0.4 is 5.73 Å². The molecule has 0 bridgehead atoms. The van der Waals surface area contributed by atoms with Crippen LogP contribution >= 0.6 is 0 Å². The number of nitrogen functional groups attached to an aromatic ring is 1. The number of anilines is 1. The first kappa shape index (κ1) is 12.7. The second-order valence-electron chi connectivity index (χ2n) is 6.20. The van der Waals surface area contributed by atoms with Crippen molar-refractivity contribution in [2.24, 2.45) is 0 Å². The van der Waals surface area contributed by atoms with Gasteiger partial charge in [-0.3, -0.25) is 5.10 Å². The minimum atomic E-state index is 0.167. The molecule has 1 aromatic heterocycles. The molecule has 0 saturated heterocycles. The van der Waals surface area contributed by atoms with E-state index in [4.69, 9.17) is 5.73 Å². The quantitative estimate of drug-likeness (QED) is 0.650. The Hall–Kier alpha value is -2.29. The van der Waals surface area contributed by atoms with E-state index in [-0.39, 0.29) is 5.41 Å². The zero-order chi connectivity index (χ0) is 14.3. The van der Waals surface area contributed by atoms with Gasteiger partial charge in [-0.15, -0.1) is 0 Å². The van der Waals surface area contributed by atoms with Gasteiger partial charge in [-0.1, -0.05) is 45.0 Å². The Kier molecular flexibility index (Phi) is 2.78. The van der Waals surface area contributed by atoms with Crippen molar-refractivity contribution in [3.63, 3.8) is 0 Å². The summed E-state index contributed by atoms with van der Waals surface area (Å²) in [6.45, 7) is 6.65. The molecule has 0 aliphatic heterocycles. The molecule has 0 fully saturated rings. The van der Waals surface area contributed by atoms with Gasteiger partial charge in [0.2, 0.25) is 0 Å². The molecule has 0 aliphatic carbocycles. The minimum absolute atomic E-state index is 0.167. The van der Waals surface area contributed by atoms with Crippen molar-refractivity contribution >= 4 is 16.6 Å². The number of H-pyrrole nitrogens is 1. The zero-order valence-corrected chi connectivity index (χ0v) is 12.1. The standard InChI is InChI=1S/C17H19N3/c1-17(2,3)12-6-4-11(5-7-12)16-14-9-8-13(18)10-15(14)19-20-16/h4-10H,18H2,1-3H3,(H,19,20). The SMILES string of the molecule is CC(C)(C)c1ccc(-c2n[nH]c3cc(N)ccc23)cc1. The van der Waals surface area contributed by atoms with Crippen LogP contribution in [-0.2, 0) is 5.41 Å². The number of hydrogen-bond acceptors (Lipinski definition) is 2. The lowest BCUT2D eigenvalue weighted by Crippen LogP contribution is -2.10. The summed E-state index contributed by atoms with van der Waals surface area (Å²) >= 11 is 0. The van der Waals surface area contributed by atoms with Crippen molar-refractivity contribution in [2.75, 3.05) is 5.73 Å². The van der Waals surface area contributed by atoms with E-state index in [0.29, 0.717) is 0 Å². The lowest BCUT2D eigenvalue weighted by atomic mass is 9.86. The van der Waals surface area contributed by atoms with Gasteiger partial charge in [0.05, 0.1) is 11.2 Å². The maximum Gasteiger partial charge on any atom is 0.0999 e. The molecular formula is C17H19N3. The van der Waals surface area contributed by atoms with Gasteiger partial charge in [0.15, 0.2) is 0 Å². The first-order valence-corrected chi connectivity index (χ1v) is 6.80. The van der Waals surface area contributed by atoms with E-state index in [9.17, 15) is 0 Å². The summed E-state index contributed by atoms with van der Waals surface area (Å²) in [7, 11) is 0. The fourth-order valence-corrected chi connectivity index (χ4v) is 2.39. The van der Waals surface area contributed by atoms with Crippen LogP contribution in [0.15, 0.2) is 42.5 Å². The van der Waals surface area contributed by atoms with Crippen LogP contribution in [0.25, 0.3) is 22.2 Å². The molecule has 20 heavy (non-hydrogen) atoms. The molecule has 0 atom stereocenters. The van der Waals surface area contributed by atoms with E-state index in [1.807, 2.05) is 18.2 Å². The molecular weight excluding hydrogens is 246 g/mol. The molecule has 0 radical (unpaired) electrons. The van der Waals surface area contributed by atoms with Crippen LogP contribution in [0.1, 0.15) is 26.3 Å². The third-order valence-electron chi connectivity index (χ3n) is 3.61. The number of nitrogens with one attached hydrogen (secondary N) is 1. The number of aromatic amines is 1. The maximum atomic E-state index is 5.79. The van der Waals surface area contributed by atoms with Gasteiger partial charge in [0.1, 0.15) is 0 Å². The maximum absolute atomic E-state index is 5.79. The first-order valence-electron chi connectivity index (χ1n) is 6.80. The smallest absolute Gasteiger partial charge is 0.0999 e. The number of fused-ring (bicyclic) bond motifs is 1. The third kappa shape index (κ3) is 2.16. The molecule has 3 N–H and O–H groups in total. The fraction of sp³-hybridized carbons (Fsp3) is 0.235. The van der Waals surface area contributed by atoms with Crippen molar-refractivity contribution in [1.29, 1.82) is 0 Å². The molecule has 102 valence electrons. The number of aromatic nitrogens is 2. The predicted octanol–water partition coefficient (Wildman–Crippen LogP) is 4.11. The van der Waals surface area contributed by atoms with Gasteiger partial charge in [-0.05, 0) is 29.2 Å². The number of nitrogens with zero attached hydrogens (tertiary/aromatic N) is 1. The average molecular weight is 265 g/mol. The minimum Gasteiger partial charge on any atom is -0.399 e. The van der Waals surface area contributed by atoms with Crippen molar-refractivity contribution in [3.05, 3.63) is 48.0 Å². The number of hydrogen-bond donors (Lipinski definition) is 2. The summed E-state index contributed by atoms with van der Waals surface area (Å²) in [4.78, 5) is 0. The van der Waals surface area contributed by atoms with E-state index in [0.717, 1.165) is 27.8 Å². The number of nitrogens with two attached hydrogens (primary N) is 1. The second-order valence-corrected chi connectivity index (χ2v) is 6.20. The van der Waals surface area contributed by atoms with E-state index in [1.165, 1.54) is 5.56 Å². The Labute approximate surface area is 118 Å². The number of benzene rings is 2. The monoisotopic (exact) mass is 265 g/mol. The molecule has 3 heteroatoms. The van der Waals surface area contributed by atoms with E-state index in [1.54, 1.807) is 0 Å². The predicted molar refractivity (Wildman–Crippen MR) is 84.6 cm³/mol. The van der Waals surface area contributed by atoms with Crippen molar-refractivity contribution in [1.82, 2.24) is 10.2 Å². The fourth-order valence-electron chi connectivity index (χ4n) is 2.39. The average Bonchev–Trinajstić information content (AvgIpc) is 2.80. The Balaban J connectivity index is 2.07.